The van der Waals surface area contributed by atoms with E-state index in [-0.39, 0.29) is 5.91 Å². The molecule has 0 bridgehead atoms. The van der Waals surface area contributed by atoms with Crippen LogP contribution in [0.4, 0.5) is 5.69 Å². The Morgan fingerprint density at radius 2 is 1.94 bits per heavy atom. The van der Waals surface area contributed by atoms with Gasteiger partial charge in [0.2, 0.25) is 0 Å². The number of nitrogens with one attached hydrogen (secondary N) is 1. The Hall–Kier alpha value is -2.29. The normalized spacial score (nSPS) is 10.2. The average Bonchev–Trinajstić information content (AvgIpc) is 2.38. The third-order valence-electron chi connectivity index (χ3n) is 2.80. The van der Waals surface area contributed by atoms with Crippen molar-refractivity contribution >= 4 is 22.4 Å². The molecule has 0 unspecified atom stereocenters. The zero-order chi connectivity index (χ0) is 13.0. The molecular weight excluding hydrogens is 224 g/mol. The molecule has 2 aromatic rings. The van der Waals surface area contributed by atoms with Crippen molar-refractivity contribution in [3.05, 3.63) is 54.6 Å². The number of carbonyl (C=O) groups excluding carboxylic acids is 1. The average molecular weight is 240 g/mol. The summed E-state index contributed by atoms with van der Waals surface area (Å²) in [6.45, 7) is 4.19. The molecule has 0 aromatic heterocycles. The van der Waals surface area contributed by atoms with Crippen LogP contribution in [-0.2, 0) is 0 Å². The summed E-state index contributed by atoms with van der Waals surface area (Å²) < 4.78 is 0. The van der Waals surface area contributed by atoms with Gasteiger partial charge in [-0.15, -0.1) is 6.58 Å². The number of carbonyl (C=O) groups is 1. The Labute approximate surface area is 106 Å². The van der Waals surface area contributed by atoms with Crippen LogP contribution >= 0.6 is 0 Å². The fourth-order valence-electron chi connectivity index (χ4n) is 1.84. The van der Waals surface area contributed by atoms with Crippen LogP contribution in [-0.4, -0.2) is 12.5 Å². The second kappa shape index (κ2) is 5.36. The maximum atomic E-state index is 12.0. The van der Waals surface area contributed by atoms with Crippen LogP contribution in [0, 0.1) is 0 Å². The highest BCUT2D eigenvalue weighted by Crippen LogP contribution is 2.21. The minimum Gasteiger partial charge on any atom is -0.398 e. The van der Waals surface area contributed by atoms with E-state index in [1.807, 2.05) is 36.4 Å². The lowest BCUT2D eigenvalue weighted by Gasteiger charge is -2.08. The molecule has 0 aliphatic rings. The number of amides is 1. The van der Waals surface area contributed by atoms with E-state index in [9.17, 15) is 4.79 Å². The molecule has 0 radical (unpaired) electrons. The van der Waals surface area contributed by atoms with Crippen LogP contribution in [0.2, 0.25) is 0 Å². The topological polar surface area (TPSA) is 55.1 Å². The molecule has 1 amide bonds. The van der Waals surface area contributed by atoms with Gasteiger partial charge in [-0.1, -0.05) is 30.3 Å². The molecule has 0 spiro atoms. The lowest BCUT2D eigenvalue weighted by molar-refractivity contribution is 0.0955. The first-order valence-corrected chi connectivity index (χ1v) is 5.89. The van der Waals surface area contributed by atoms with Gasteiger partial charge in [-0.05, 0) is 29.3 Å². The summed E-state index contributed by atoms with van der Waals surface area (Å²) in [7, 11) is 0. The van der Waals surface area contributed by atoms with Gasteiger partial charge < -0.3 is 11.1 Å². The van der Waals surface area contributed by atoms with Crippen LogP contribution in [0.3, 0.4) is 0 Å². The van der Waals surface area contributed by atoms with E-state index in [1.54, 1.807) is 6.08 Å². The van der Waals surface area contributed by atoms with Crippen LogP contribution in [0.25, 0.3) is 10.8 Å². The molecular formula is C15H16N2O. The molecule has 3 N–H and O–H groups in total. The Bertz CT molecular complexity index is 590. The minimum atomic E-state index is -0.139. The van der Waals surface area contributed by atoms with E-state index in [0.29, 0.717) is 17.8 Å². The summed E-state index contributed by atoms with van der Waals surface area (Å²) in [4.78, 5) is 12.0. The van der Waals surface area contributed by atoms with E-state index >= 15 is 0 Å². The number of rotatable bonds is 4. The summed E-state index contributed by atoms with van der Waals surface area (Å²) in [5.41, 5.74) is 6.94. The first-order chi connectivity index (χ1) is 8.72. The summed E-state index contributed by atoms with van der Waals surface area (Å²) in [5.74, 6) is -0.139. The van der Waals surface area contributed by atoms with Gasteiger partial charge in [-0.25, -0.2) is 0 Å². The van der Waals surface area contributed by atoms with E-state index in [0.717, 1.165) is 17.2 Å². The Morgan fingerprint density at radius 3 is 2.61 bits per heavy atom. The molecule has 0 aliphatic carbocycles. The fourth-order valence-corrected chi connectivity index (χ4v) is 1.84. The van der Waals surface area contributed by atoms with Gasteiger partial charge in [0.15, 0.2) is 0 Å². The Balaban J connectivity index is 2.29. The first-order valence-electron chi connectivity index (χ1n) is 5.89. The lowest BCUT2D eigenvalue weighted by atomic mass is 10.0. The zero-order valence-electron chi connectivity index (χ0n) is 10.1. The number of fused-ring (bicyclic) bond motifs is 1. The molecule has 0 heterocycles. The maximum absolute atomic E-state index is 12.0. The van der Waals surface area contributed by atoms with Crippen molar-refractivity contribution in [2.75, 3.05) is 12.3 Å². The molecule has 0 fully saturated rings. The number of nitrogens with two attached hydrogens (primary N) is 1. The molecule has 2 aromatic carbocycles. The molecule has 3 nitrogen and oxygen atoms in total. The minimum absolute atomic E-state index is 0.139. The third-order valence-corrected chi connectivity index (χ3v) is 2.80. The number of hydrogen-bond acceptors (Lipinski definition) is 2. The molecule has 0 aliphatic heterocycles. The Morgan fingerprint density at radius 1 is 1.28 bits per heavy atom. The quantitative estimate of drug-likeness (QED) is 0.490. The van der Waals surface area contributed by atoms with E-state index < -0.39 is 0 Å². The molecule has 0 saturated heterocycles. The fraction of sp³-hybridized carbons (Fsp3) is 0.133. The smallest absolute Gasteiger partial charge is 0.253 e. The van der Waals surface area contributed by atoms with E-state index in [1.165, 1.54) is 0 Å². The van der Waals surface area contributed by atoms with Crippen LogP contribution in [0.15, 0.2) is 49.1 Å². The molecule has 2 rings (SSSR count). The molecule has 18 heavy (non-hydrogen) atoms. The van der Waals surface area contributed by atoms with Crippen LogP contribution in [0.5, 0.6) is 0 Å². The lowest BCUT2D eigenvalue weighted by Crippen LogP contribution is -2.25. The number of anilines is 1. The largest absolute Gasteiger partial charge is 0.398 e. The van der Waals surface area contributed by atoms with Crippen LogP contribution < -0.4 is 11.1 Å². The summed E-state index contributed by atoms with van der Waals surface area (Å²) in [6.07, 6.45) is 2.52. The van der Waals surface area contributed by atoms with Crippen LogP contribution in [0.1, 0.15) is 16.8 Å². The molecule has 0 saturated carbocycles. The highest BCUT2D eigenvalue weighted by molar-refractivity contribution is 6.03. The summed E-state index contributed by atoms with van der Waals surface area (Å²) in [5, 5.41) is 4.87. The zero-order valence-corrected chi connectivity index (χ0v) is 10.1. The van der Waals surface area contributed by atoms with E-state index in [4.69, 9.17) is 5.73 Å². The second-order valence-corrected chi connectivity index (χ2v) is 4.12. The maximum Gasteiger partial charge on any atom is 0.253 e. The summed E-state index contributed by atoms with van der Waals surface area (Å²) in [6, 6.07) is 11.5. The van der Waals surface area contributed by atoms with Gasteiger partial charge in [0.25, 0.3) is 5.91 Å². The Kier molecular flexibility index (Phi) is 3.63. The third kappa shape index (κ3) is 2.51. The van der Waals surface area contributed by atoms with Gasteiger partial charge in [-0.2, -0.15) is 0 Å². The molecule has 0 atom stereocenters. The van der Waals surface area contributed by atoms with Gasteiger partial charge in [0.05, 0.1) is 5.56 Å². The van der Waals surface area contributed by atoms with Gasteiger partial charge >= 0.3 is 0 Å². The van der Waals surface area contributed by atoms with E-state index in [2.05, 4.69) is 11.9 Å². The number of nitrogen functional groups attached to an aromatic ring is 1. The standard InChI is InChI=1S/C15H16N2O/c1-2-3-8-17-15(18)13-9-11-6-4-5-7-12(11)10-14(13)16/h2,4-7,9-10H,1,3,8,16H2,(H,17,18). The number of hydrogen-bond donors (Lipinski definition) is 2. The predicted octanol–water partition coefficient (Wildman–Crippen LogP) is 2.73. The van der Waals surface area contributed by atoms with Crippen molar-refractivity contribution in [1.82, 2.24) is 5.32 Å². The van der Waals surface area contributed by atoms with Crippen molar-refractivity contribution in [3.63, 3.8) is 0 Å². The molecule has 3 heteroatoms. The van der Waals surface area contributed by atoms with Crippen molar-refractivity contribution in [3.8, 4) is 0 Å². The highest BCUT2D eigenvalue weighted by Gasteiger charge is 2.09. The van der Waals surface area contributed by atoms with Crippen molar-refractivity contribution in [1.29, 1.82) is 0 Å². The number of benzene rings is 2. The van der Waals surface area contributed by atoms with Crippen molar-refractivity contribution < 1.29 is 4.79 Å². The first kappa shape index (κ1) is 12.2. The monoisotopic (exact) mass is 240 g/mol. The van der Waals surface area contributed by atoms with Crippen molar-refractivity contribution in [2.45, 2.75) is 6.42 Å². The molecule has 92 valence electrons. The summed E-state index contributed by atoms with van der Waals surface area (Å²) >= 11 is 0. The predicted molar refractivity (Wildman–Crippen MR) is 75.5 cm³/mol. The van der Waals surface area contributed by atoms with Gasteiger partial charge in [-0.3, -0.25) is 4.79 Å². The second-order valence-electron chi connectivity index (χ2n) is 4.12. The highest BCUT2D eigenvalue weighted by atomic mass is 16.1. The SMILES string of the molecule is C=CCCNC(=O)c1cc2ccccc2cc1N. The van der Waals surface area contributed by atoms with Gasteiger partial charge in [0.1, 0.15) is 0 Å². The van der Waals surface area contributed by atoms with Crippen molar-refractivity contribution in [2.24, 2.45) is 0 Å². The van der Waals surface area contributed by atoms with Gasteiger partial charge in [0, 0.05) is 12.2 Å².